The standard InChI is InChI=1S/C14H16N2O2/c1-3-11(14(17)18)13-15-9(2)12(16-13)10-7-5-4-6-8-10/h4-8,11H,3H2,1-2H3,(H,15,16)(H,17,18). The lowest BCUT2D eigenvalue weighted by Gasteiger charge is -2.04. The molecule has 0 saturated carbocycles. The Kier molecular flexibility index (Phi) is 3.46. The van der Waals surface area contributed by atoms with E-state index in [1.807, 2.05) is 44.2 Å². The number of nitrogens with one attached hydrogen (secondary N) is 1. The van der Waals surface area contributed by atoms with Crippen molar-refractivity contribution in [1.29, 1.82) is 0 Å². The maximum atomic E-state index is 11.1. The van der Waals surface area contributed by atoms with Gasteiger partial charge >= 0.3 is 5.97 Å². The Hall–Kier alpha value is -2.10. The number of carboxylic acids is 1. The summed E-state index contributed by atoms with van der Waals surface area (Å²) < 4.78 is 0. The molecule has 94 valence electrons. The molecule has 0 aliphatic heterocycles. The molecule has 1 unspecified atom stereocenters. The molecule has 0 spiro atoms. The smallest absolute Gasteiger partial charge is 0.314 e. The van der Waals surface area contributed by atoms with Crippen LogP contribution in [0.15, 0.2) is 30.3 Å². The summed E-state index contributed by atoms with van der Waals surface area (Å²) >= 11 is 0. The number of H-pyrrole nitrogens is 1. The van der Waals surface area contributed by atoms with Crippen LogP contribution in [0.3, 0.4) is 0 Å². The lowest BCUT2D eigenvalue weighted by Crippen LogP contribution is -2.12. The zero-order valence-corrected chi connectivity index (χ0v) is 10.5. The van der Waals surface area contributed by atoms with Crippen molar-refractivity contribution in [2.24, 2.45) is 0 Å². The van der Waals surface area contributed by atoms with E-state index in [1.54, 1.807) is 0 Å². The van der Waals surface area contributed by atoms with E-state index in [9.17, 15) is 4.79 Å². The van der Waals surface area contributed by atoms with Crippen molar-refractivity contribution < 1.29 is 9.90 Å². The van der Waals surface area contributed by atoms with Crippen molar-refractivity contribution in [2.45, 2.75) is 26.2 Å². The zero-order valence-electron chi connectivity index (χ0n) is 10.5. The lowest BCUT2D eigenvalue weighted by atomic mass is 10.1. The van der Waals surface area contributed by atoms with E-state index in [0.717, 1.165) is 17.0 Å². The summed E-state index contributed by atoms with van der Waals surface area (Å²) in [6.07, 6.45) is 0.524. The number of hydrogen-bond acceptors (Lipinski definition) is 2. The van der Waals surface area contributed by atoms with Gasteiger partial charge in [-0.2, -0.15) is 0 Å². The molecule has 0 fully saturated rings. The number of hydrogen-bond donors (Lipinski definition) is 2. The first-order valence-corrected chi connectivity index (χ1v) is 5.98. The van der Waals surface area contributed by atoms with Gasteiger partial charge in [0, 0.05) is 11.3 Å². The van der Waals surface area contributed by atoms with Crippen LogP contribution in [0.5, 0.6) is 0 Å². The molecule has 0 radical (unpaired) electrons. The van der Waals surface area contributed by atoms with Crippen LogP contribution >= 0.6 is 0 Å². The van der Waals surface area contributed by atoms with E-state index >= 15 is 0 Å². The largest absolute Gasteiger partial charge is 0.481 e. The molecule has 0 amide bonds. The predicted molar refractivity (Wildman–Crippen MR) is 69.4 cm³/mol. The minimum atomic E-state index is -0.842. The second-order valence-electron chi connectivity index (χ2n) is 4.26. The minimum absolute atomic E-state index is 0.524. The molecule has 1 aromatic carbocycles. The molecule has 4 heteroatoms. The van der Waals surface area contributed by atoms with Crippen LogP contribution < -0.4 is 0 Å². The first-order chi connectivity index (χ1) is 8.63. The summed E-state index contributed by atoms with van der Waals surface area (Å²) in [5, 5.41) is 9.14. The number of nitrogens with zero attached hydrogens (tertiary/aromatic N) is 1. The second kappa shape index (κ2) is 5.04. The number of carbonyl (C=O) groups is 1. The fourth-order valence-corrected chi connectivity index (χ4v) is 2.01. The summed E-state index contributed by atoms with van der Waals surface area (Å²) in [6, 6.07) is 9.76. The highest BCUT2D eigenvalue weighted by atomic mass is 16.4. The maximum Gasteiger partial charge on any atom is 0.314 e. The lowest BCUT2D eigenvalue weighted by molar-refractivity contribution is -0.139. The molecule has 0 saturated heterocycles. The molecular formula is C14H16N2O2. The third-order valence-electron chi connectivity index (χ3n) is 2.99. The summed E-state index contributed by atoms with van der Waals surface area (Å²) in [7, 11) is 0. The van der Waals surface area contributed by atoms with Crippen LogP contribution in [0, 0.1) is 6.92 Å². The third kappa shape index (κ3) is 2.27. The Balaban J connectivity index is 2.41. The summed E-state index contributed by atoms with van der Waals surface area (Å²) in [5.74, 6) is -0.881. The number of aryl methyl sites for hydroxylation is 1. The number of imidazole rings is 1. The fraction of sp³-hybridized carbons (Fsp3) is 0.286. The Morgan fingerprint density at radius 1 is 1.39 bits per heavy atom. The van der Waals surface area contributed by atoms with E-state index in [4.69, 9.17) is 5.11 Å². The average Bonchev–Trinajstić information content (AvgIpc) is 2.73. The second-order valence-corrected chi connectivity index (χ2v) is 4.26. The van der Waals surface area contributed by atoms with Gasteiger partial charge in [-0.1, -0.05) is 37.3 Å². The van der Waals surface area contributed by atoms with Crippen molar-refractivity contribution in [3.8, 4) is 11.3 Å². The van der Waals surface area contributed by atoms with Gasteiger partial charge in [0.15, 0.2) is 0 Å². The Morgan fingerprint density at radius 2 is 2.06 bits per heavy atom. The highest BCUT2D eigenvalue weighted by Gasteiger charge is 2.22. The van der Waals surface area contributed by atoms with Gasteiger partial charge in [0.25, 0.3) is 0 Å². The van der Waals surface area contributed by atoms with E-state index in [2.05, 4.69) is 9.97 Å². The summed E-state index contributed by atoms with van der Waals surface area (Å²) in [5.41, 5.74) is 2.72. The minimum Gasteiger partial charge on any atom is -0.481 e. The molecule has 2 N–H and O–H groups in total. The summed E-state index contributed by atoms with van der Waals surface area (Å²) in [4.78, 5) is 18.6. The van der Waals surface area contributed by atoms with E-state index in [1.165, 1.54) is 0 Å². The van der Waals surface area contributed by atoms with Gasteiger partial charge in [0.05, 0.1) is 5.69 Å². The van der Waals surface area contributed by atoms with E-state index < -0.39 is 11.9 Å². The number of aliphatic carboxylic acids is 1. The molecule has 0 bridgehead atoms. The molecule has 18 heavy (non-hydrogen) atoms. The van der Waals surface area contributed by atoms with E-state index in [0.29, 0.717) is 12.2 Å². The Labute approximate surface area is 106 Å². The molecule has 1 heterocycles. The van der Waals surface area contributed by atoms with Gasteiger partial charge in [0.1, 0.15) is 11.7 Å². The highest BCUT2D eigenvalue weighted by molar-refractivity contribution is 5.75. The third-order valence-corrected chi connectivity index (χ3v) is 2.99. The zero-order chi connectivity index (χ0) is 13.1. The van der Waals surface area contributed by atoms with Crippen molar-refractivity contribution in [3.05, 3.63) is 41.9 Å². The van der Waals surface area contributed by atoms with E-state index in [-0.39, 0.29) is 0 Å². The van der Waals surface area contributed by atoms with Gasteiger partial charge in [-0.3, -0.25) is 4.79 Å². The SMILES string of the molecule is CCC(C(=O)O)c1nc(-c2ccccc2)c(C)[nH]1. The van der Waals surface area contributed by atoms with Crippen LogP contribution in [0.2, 0.25) is 0 Å². The van der Waals surface area contributed by atoms with Crippen molar-refractivity contribution in [3.63, 3.8) is 0 Å². The Bertz CT molecular complexity index is 546. The maximum absolute atomic E-state index is 11.1. The normalized spacial score (nSPS) is 12.3. The number of rotatable bonds is 4. The molecule has 2 aromatic rings. The molecule has 2 rings (SSSR count). The van der Waals surface area contributed by atoms with Crippen LogP contribution in [0.1, 0.15) is 30.8 Å². The molecule has 4 nitrogen and oxygen atoms in total. The van der Waals surface area contributed by atoms with Gasteiger partial charge in [0.2, 0.25) is 0 Å². The summed E-state index contributed by atoms with van der Waals surface area (Å²) in [6.45, 7) is 3.76. The fourth-order valence-electron chi connectivity index (χ4n) is 2.01. The van der Waals surface area contributed by atoms with Crippen LogP contribution in [0.25, 0.3) is 11.3 Å². The van der Waals surface area contributed by atoms with Gasteiger partial charge in [-0.15, -0.1) is 0 Å². The molecule has 1 aromatic heterocycles. The quantitative estimate of drug-likeness (QED) is 0.868. The number of benzene rings is 1. The van der Waals surface area contributed by atoms with Crippen LogP contribution in [0.4, 0.5) is 0 Å². The van der Waals surface area contributed by atoms with Crippen LogP contribution in [-0.2, 0) is 4.79 Å². The van der Waals surface area contributed by atoms with Crippen molar-refractivity contribution >= 4 is 5.97 Å². The predicted octanol–water partition coefficient (Wildman–Crippen LogP) is 2.96. The number of carboxylic acid groups (broad SMARTS) is 1. The van der Waals surface area contributed by atoms with Crippen LogP contribution in [-0.4, -0.2) is 21.0 Å². The highest BCUT2D eigenvalue weighted by Crippen LogP contribution is 2.25. The van der Waals surface area contributed by atoms with Crippen molar-refractivity contribution in [1.82, 2.24) is 9.97 Å². The first-order valence-electron chi connectivity index (χ1n) is 5.98. The molecule has 1 atom stereocenters. The monoisotopic (exact) mass is 244 g/mol. The Morgan fingerprint density at radius 3 is 2.61 bits per heavy atom. The average molecular weight is 244 g/mol. The van der Waals surface area contributed by atoms with Crippen molar-refractivity contribution in [2.75, 3.05) is 0 Å². The molecule has 0 aliphatic carbocycles. The van der Waals surface area contributed by atoms with Gasteiger partial charge in [-0.05, 0) is 13.3 Å². The topological polar surface area (TPSA) is 66.0 Å². The molecule has 0 aliphatic rings. The number of aromatic amines is 1. The van der Waals surface area contributed by atoms with Gasteiger partial charge in [-0.25, -0.2) is 4.98 Å². The number of aromatic nitrogens is 2. The van der Waals surface area contributed by atoms with Gasteiger partial charge < -0.3 is 10.1 Å². The first kappa shape index (κ1) is 12.4. The molecular weight excluding hydrogens is 228 g/mol.